The van der Waals surface area contributed by atoms with E-state index in [-0.39, 0.29) is 10.9 Å². The molecule has 0 N–H and O–H groups in total. The Hall–Kier alpha value is -2.48. The molecule has 6 bridgehead atoms. The summed E-state index contributed by atoms with van der Waals surface area (Å²) in [5.41, 5.74) is -0.713. The Balaban J connectivity index is 2.52. The van der Waals surface area contributed by atoms with Gasteiger partial charge in [-0.2, -0.15) is 0 Å². The average molecular weight is 230 g/mol. The largest absolute Gasteiger partial charge is 0.285 e. The molecule has 0 aliphatic heterocycles. The van der Waals surface area contributed by atoms with Gasteiger partial charge in [0.1, 0.15) is 0 Å². The van der Waals surface area contributed by atoms with E-state index in [4.69, 9.17) is 0 Å². The Bertz CT molecular complexity index is 1140. The Morgan fingerprint density at radius 3 is 2.28 bits per heavy atom. The van der Waals surface area contributed by atoms with Crippen LogP contribution >= 0.6 is 0 Å². The number of rotatable bonds is 0. The number of fused-ring (bicyclic) bond motifs is 1. The van der Waals surface area contributed by atoms with Crippen molar-refractivity contribution in [3.05, 3.63) is 56.8 Å². The summed E-state index contributed by atoms with van der Waals surface area (Å²) < 4.78 is 0. The molecule has 2 nitrogen and oxygen atoms in total. The van der Waals surface area contributed by atoms with Crippen LogP contribution in [0.2, 0.25) is 0 Å². The average Bonchev–Trinajstić information content (AvgIpc) is 2.44. The maximum Gasteiger partial charge on any atom is 0.234 e. The van der Waals surface area contributed by atoms with Gasteiger partial charge in [-0.05, 0) is 27.6 Å². The molecule has 0 saturated heterocycles. The van der Waals surface area contributed by atoms with Crippen molar-refractivity contribution in [2.24, 2.45) is 0 Å². The third-order valence-corrected chi connectivity index (χ3v) is 4.11. The van der Waals surface area contributed by atoms with Crippen molar-refractivity contribution in [3.8, 4) is 0 Å². The molecule has 2 heteroatoms. The first kappa shape index (κ1) is 8.59. The Morgan fingerprint density at radius 1 is 0.611 bits per heavy atom. The first-order chi connectivity index (χ1) is 8.77. The predicted molar refractivity (Wildman–Crippen MR) is 73.8 cm³/mol. The molecule has 0 heterocycles. The highest BCUT2D eigenvalue weighted by Crippen LogP contribution is 2.42. The lowest BCUT2D eigenvalue weighted by atomic mass is 9.84. The molecule has 0 aromatic heterocycles. The van der Waals surface area contributed by atoms with Crippen LogP contribution in [0.5, 0.6) is 0 Å². The Morgan fingerprint density at radius 2 is 1.39 bits per heavy atom. The fraction of sp³-hybridized carbons (Fsp3) is 0. The molecule has 0 atom stereocenters. The summed E-state index contributed by atoms with van der Waals surface area (Å²) in [6.07, 6.45) is 0. The minimum absolute atomic E-state index is 0.350. The minimum Gasteiger partial charge on any atom is -0.285 e. The number of hydrogen-bond donors (Lipinski definition) is 0. The summed E-state index contributed by atoms with van der Waals surface area (Å²) in [6.45, 7) is 0. The lowest BCUT2D eigenvalue weighted by molar-refractivity contribution is 1.61. The van der Waals surface area contributed by atoms with Gasteiger partial charge >= 0.3 is 0 Å². The van der Waals surface area contributed by atoms with Crippen LogP contribution in [0.25, 0.3) is 43.1 Å². The van der Waals surface area contributed by atoms with Crippen molar-refractivity contribution in [1.82, 2.24) is 0 Å². The molecule has 18 heavy (non-hydrogen) atoms. The molecule has 7 aromatic carbocycles. The monoisotopic (exact) mass is 230 g/mol. The molecule has 0 aliphatic carbocycles. The quantitative estimate of drug-likeness (QED) is 0.303. The van der Waals surface area contributed by atoms with Crippen LogP contribution < -0.4 is 10.9 Å². The highest BCUT2D eigenvalue weighted by Gasteiger charge is 2.21. The van der Waals surface area contributed by atoms with Gasteiger partial charge in [0.2, 0.25) is 10.9 Å². The summed E-state index contributed by atoms with van der Waals surface area (Å²) in [6, 6.07) is 11.7. The molecule has 82 valence electrons. The molecule has 7 aromatic rings. The van der Waals surface area contributed by atoms with Crippen molar-refractivity contribution < 1.29 is 0 Å². The van der Waals surface area contributed by atoms with Crippen LogP contribution in [0.1, 0.15) is 0 Å². The SMILES string of the molecule is O=c1c(=O)c2c3ccc4cc3c3cccc1c3c42. The molecule has 0 saturated carbocycles. The van der Waals surface area contributed by atoms with E-state index in [1.165, 1.54) is 0 Å². The second-order valence-electron chi connectivity index (χ2n) is 4.90. The molecular weight excluding hydrogens is 224 g/mol. The van der Waals surface area contributed by atoms with Crippen molar-refractivity contribution >= 4 is 43.1 Å². The zero-order chi connectivity index (χ0) is 12.0. The first-order valence-corrected chi connectivity index (χ1v) is 5.89. The van der Waals surface area contributed by atoms with Crippen molar-refractivity contribution in [2.45, 2.75) is 0 Å². The first-order valence-electron chi connectivity index (χ1n) is 5.89. The van der Waals surface area contributed by atoms with E-state index in [1.807, 2.05) is 24.3 Å². The van der Waals surface area contributed by atoms with Gasteiger partial charge in [-0.15, -0.1) is 0 Å². The Labute approximate surface area is 100 Å². The van der Waals surface area contributed by atoms with E-state index in [0.29, 0.717) is 10.8 Å². The molecule has 7 rings (SSSR count). The second-order valence-corrected chi connectivity index (χ2v) is 4.90. The fourth-order valence-electron chi connectivity index (χ4n) is 3.40. The van der Waals surface area contributed by atoms with E-state index in [9.17, 15) is 9.59 Å². The highest BCUT2D eigenvalue weighted by molar-refractivity contribution is 6.37. The van der Waals surface area contributed by atoms with Gasteiger partial charge in [-0.3, -0.25) is 9.59 Å². The zero-order valence-corrected chi connectivity index (χ0v) is 9.28. The van der Waals surface area contributed by atoms with Gasteiger partial charge in [0.15, 0.2) is 0 Å². The van der Waals surface area contributed by atoms with Crippen LogP contribution in [0, 0.1) is 0 Å². The van der Waals surface area contributed by atoms with Gasteiger partial charge in [0.25, 0.3) is 0 Å². The van der Waals surface area contributed by atoms with E-state index in [1.54, 1.807) is 6.07 Å². The number of hydrogen-bond acceptors (Lipinski definition) is 2. The molecular formula is C16H6O2. The minimum atomic E-state index is -0.362. The highest BCUT2D eigenvalue weighted by atomic mass is 16.2. The topological polar surface area (TPSA) is 34.1 Å². The van der Waals surface area contributed by atoms with E-state index in [0.717, 1.165) is 32.3 Å². The molecule has 0 unspecified atom stereocenters. The molecule has 0 spiro atoms. The van der Waals surface area contributed by atoms with Gasteiger partial charge in [0.05, 0.1) is 0 Å². The second kappa shape index (κ2) is 2.36. The van der Waals surface area contributed by atoms with E-state index >= 15 is 0 Å². The van der Waals surface area contributed by atoms with Crippen molar-refractivity contribution in [3.63, 3.8) is 0 Å². The number of benzene rings is 7. The summed E-state index contributed by atoms with van der Waals surface area (Å²) >= 11 is 0. The van der Waals surface area contributed by atoms with Crippen molar-refractivity contribution in [1.29, 1.82) is 0 Å². The molecule has 0 radical (unpaired) electrons. The third kappa shape index (κ3) is 0.663. The summed E-state index contributed by atoms with van der Waals surface area (Å²) in [5, 5.41) is 7.30. The molecule has 0 amide bonds. The van der Waals surface area contributed by atoms with E-state index < -0.39 is 0 Å². The molecule has 0 fully saturated rings. The molecule has 0 aliphatic rings. The van der Waals surface area contributed by atoms with Crippen LogP contribution in [0.15, 0.2) is 46.0 Å². The summed E-state index contributed by atoms with van der Waals surface area (Å²) in [5.74, 6) is 0. The van der Waals surface area contributed by atoms with Crippen LogP contribution in [-0.2, 0) is 0 Å². The smallest absolute Gasteiger partial charge is 0.234 e. The zero-order valence-electron chi connectivity index (χ0n) is 9.28. The maximum absolute atomic E-state index is 12.2. The van der Waals surface area contributed by atoms with Gasteiger partial charge in [0, 0.05) is 21.5 Å². The predicted octanol–water partition coefficient (Wildman–Crippen LogP) is 2.77. The summed E-state index contributed by atoms with van der Waals surface area (Å²) in [7, 11) is 0. The van der Waals surface area contributed by atoms with E-state index in [2.05, 4.69) is 6.07 Å². The normalized spacial score (nSPS) is 12.9. The Kier molecular flexibility index (Phi) is 1.13. The van der Waals surface area contributed by atoms with Crippen molar-refractivity contribution in [2.75, 3.05) is 0 Å². The van der Waals surface area contributed by atoms with Gasteiger partial charge < -0.3 is 0 Å². The standard InChI is InChI=1S/C16H6O2/c17-15-10-3-1-2-8-11-6-7-4-5-9(11)14(16(15)18)12(7)13(8)10/h1-6H. The van der Waals surface area contributed by atoms with Crippen LogP contribution in [-0.4, -0.2) is 0 Å². The van der Waals surface area contributed by atoms with Gasteiger partial charge in [-0.25, -0.2) is 0 Å². The lowest BCUT2D eigenvalue weighted by Gasteiger charge is -2.17. The van der Waals surface area contributed by atoms with Crippen LogP contribution in [0.3, 0.4) is 0 Å². The maximum atomic E-state index is 12.2. The lowest BCUT2D eigenvalue weighted by Crippen LogP contribution is -2.25. The third-order valence-electron chi connectivity index (χ3n) is 4.11. The fourth-order valence-corrected chi connectivity index (χ4v) is 3.40. The van der Waals surface area contributed by atoms with Crippen LogP contribution in [0.4, 0.5) is 0 Å². The van der Waals surface area contributed by atoms with Gasteiger partial charge in [-0.1, -0.05) is 30.3 Å². The summed E-state index contributed by atoms with van der Waals surface area (Å²) in [4.78, 5) is 24.3.